The highest BCUT2D eigenvalue weighted by Crippen LogP contribution is 2.49. The van der Waals surface area contributed by atoms with Gasteiger partial charge in [-0.15, -0.1) is 0 Å². The summed E-state index contributed by atoms with van der Waals surface area (Å²) >= 11 is 0. The first-order chi connectivity index (χ1) is 9.30. The fraction of sp³-hybridized carbons (Fsp3) is 0.600. The maximum Gasteiger partial charge on any atom is 0.203 e. The molecule has 0 spiro atoms. The highest BCUT2D eigenvalue weighted by atomic mass is 16.5. The molecule has 1 atom stereocenters. The quantitative estimate of drug-likeness (QED) is 0.905. The normalized spacial score (nSPS) is 21.7. The van der Waals surface area contributed by atoms with E-state index in [-0.39, 0.29) is 0 Å². The molecule has 2 aliphatic rings. The highest BCUT2D eigenvalue weighted by Gasteiger charge is 2.37. The molecule has 1 aromatic rings. The van der Waals surface area contributed by atoms with Crippen LogP contribution < -0.4 is 19.5 Å². The molecule has 1 aliphatic carbocycles. The zero-order valence-corrected chi connectivity index (χ0v) is 11.8. The van der Waals surface area contributed by atoms with Crippen LogP contribution in [-0.4, -0.2) is 27.9 Å². The molecule has 3 rings (SSSR count). The Bertz CT molecular complexity index is 483. The molecule has 1 heterocycles. The van der Waals surface area contributed by atoms with Gasteiger partial charge in [0.15, 0.2) is 11.5 Å². The molecule has 1 saturated carbocycles. The van der Waals surface area contributed by atoms with Crippen LogP contribution in [0.15, 0.2) is 6.07 Å². The summed E-state index contributed by atoms with van der Waals surface area (Å²) in [6.45, 7) is 1.00. The summed E-state index contributed by atoms with van der Waals surface area (Å²) in [6.07, 6.45) is 3.60. The average Bonchev–Trinajstić information content (AvgIpc) is 3.28. The van der Waals surface area contributed by atoms with E-state index in [1.807, 2.05) is 0 Å². The predicted molar refractivity (Wildman–Crippen MR) is 73.3 cm³/mol. The van der Waals surface area contributed by atoms with Crippen molar-refractivity contribution in [2.24, 2.45) is 5.92 Å². The highest BCUT2D eigenvalue weighted by molar-refractivity contribution is 5.60. The van der Waals surface area contributed by atoms with Gasteiger partial charge >= 0.3 is 0 Å². The van der Waals surface area contributed by atoms with Crippen molar-refractivity contribution in [3.8, 4) is 17.2 Å². The molecule has 19 heavy (non-hydrogen) atoms. The monoisotopic (exact) mass is 263 g/mol. The minimum absolute atomic E-state index is 0.442. The summed E-state index contributed by atoms with van der Waals surface area (Å²) in [6, 6.07) is 2.56. The molecule has 0 saturated heterocycles. The summed E-state index contributed by atoms with van der Waals surface area (Å²) in [5.41, 5.74) is 2.60. The van der Waals surface area contributed by atoms with Gasteiger partial charge in [-0.1, -0.05) is 0 Å². The lowest BCUT2D eigenvalue weighted by Gasteiger charge is -2.30. The zero-order valence-electron chi connectivity index (χ0n) is 11.8. The van der Waals surface area contributed by atoms with Crippen LogP contribution >= 0.6 is 0 Å². The van der Waals surface area contributed by atoms with Gasteiger partial charge in [-0.25, -0.2) is 0 Å². The van der Waals surface area contributed by atoms with Crippen molar-refractivity contribution < 1.29 is 14.2 Å². The van der Waals surface area contributed by atoms with Crippen molar-refractivity contribution in [3.05, 3.63) is 17.2 Å². The summed E-state index contributed by atoms with van der Waals surface area (Å²) in [7, 11) is 5.03. The first-order valence-corrected chi connectivity index (χ1v) is 6.85. The van der Waals surface area contributed by atoms with E-state index in [1.165, 1.54) is 24.0 Å². The molecular weight excluding hydrogens is 242 g/mol. The topological polar surface area (TPSA) is 39.7 Å². The number of hydrogen-bond acceptors (Lipinski definition) is 4. The molecule has 1 unspecified atom stereocenters. The molecule has 0 radical (unpaired) electrons. The Labute approximate surface area is 114 Å². The lowest BCUT2D eigenvalue weighted by Crippen LogP contribution is -2.31. The molecule has 1 aromatic carbocycles. The molecule has 0 bridgehead atoms. The second kappa shape index (κ2) is 4.93. The minimum Gasteiger partial charge on any atom is -0.493 e. The van der Waals surface area contributed by atoms with E-state index >= 15 is 0 Å². The van der Waals surface area contributed by atoms with E-state index < -0.39 is 0 Å². The van der Waals surface area contributed by atoms with Crippen LogP contribution in [0.25, 0.3) is 0 Å². The van der Waals surface area contributed by atoms with Crippen molar-refractivity contribution in [1.82, 2.24) is 5.32 Å². The van der Waals surface area contributed by atoms with E-state index in [9.17, 15) is 0 Å². The van der Waals surface area contributed by atoms with Crippen LogP contribution in [0.5, 0.6) is 17.2 Å². The summed E-state index contributed by atoms with van der Waals surface area (Å²) in [5.74, 6) is 3.07. The van der Waals surface area contributed by atoms with E-state index in [0.717, 1.165) is 30.4 Å². The van der Waals surface area contributed by atoms with E-state index in [1.54, 1.807) is 21.3 Å². The number of benzene rings is 1. The molecule has 1 N–H and O–H groups in total. The van der Waals surface area contributed by atoms with Gasteiger partial charge in [0.2, 0.25) is 5.75 Å². The third-order valence-electron chi connectivity index (χ3n) is 4.14. The molecule has 104 valence electrons. The van der Waals surface area contributed by atoms with Gasteiger partial charge < -0.3 is 19.5 Å². The second-order valence-corrected chi connectivity index (χ2v) is 5.23. The first kappa shape index (κ1) is 12.6. The number of methoxy groups -OCH3 is 3. The van der Waals surface area contributed by atoms with Gasteiger partial charge in [-0.2, -0.15) is 0 Å². The minimum atomic E-state index is 0.442. The van der Waals surface area contributed by atoms with Gasteiger partial charge in [0.05, 0.1) is 21.3 Å². The summed E-state index contributed by atoms with van der Waals surface area (Å²) in [4.78, 5) is 0. The van der Waals surface area contributed by atoms with E-state index in [0.29, 0.717) is 11.8 Å². The van der Waals surface area contributed by atoms with Crippen molar-refractivity contribution in [2.75, 3.05) is 27.9 Å². The van der Waals surface area contributed by atoms with Crippen LogP contribution in [0, 0.1) is 5.92 Å². The maximum absolute atomic E-state index is 5.59. The Morgan fingerprint density at radius 3 is 2.37 bits per heavy atom. The van der Waals surface area contributed by atoms with Crippen LogP contribution in [0.3, 0.4) is 0 Å². The van der Waals surface area contributed by atoms with Gasteiger partial charge in [0.25, 0.3) is 0 Å². The van der Waals surface area contributed by atoms with Gasteiger partial charge in [0, 0.05) is 11.6 Å². The lowest BCUT2D eigenvalue weighted by molar-refractivity contribution is 0.317. The van der Waals surface area contributed by atoms with Gasteiger partial charge in [-0.05, 0) is 43.4 Å². The van der Waals surface area contributed by atoms with E-state index in [2.05, 4.69) is 11.4 Å². The predicted octanol–water partition coefficient (Wildman–Crippen LogP) is 2.31. The fourth-order valence-electron chi connectivity index (χ4n) is 3.08. The molecular formula is C15H21NO3. The Morgan fingerprint density at radius 2 is 1.79 bits per heavy atom. The third-order valence-corrected chi connectivity index (χ3v) is 4.14. The van der Waals surface area contributed by atoms with Crippen molar-refractivity contribution in [2.45, 2.75) is 25.3 Å². The number of hydrogen-bond donors (Lipinski definition) is 1. The Hall–Kier alpha value is -1.42. The van der Waals surface area contributed by atoms with Crippen LogP contribution in [0.4, 0.5) is 0 Å². The van der Waals surface area contributed by atoms with Crippen molar-refractivity contribution >= 4 is 0 Å². The number of fused-ring (bicyclic) bond motifs is 1. The smallest absolute Gasteiger partial charge is 0.203 e. The van der Waals surface area contributed by atoms with Gasteiger partial charge in [0.1, 0.15) is 0 Å². The Morgan fingerprint density at radius 1 is 1.05 bits per heavy atom. The number of rotatable bonds is 4. The first-order valence-electron chi connectivity index (χ1n) is 6.85. The second-order valence-electron chi connectivity index (χ2n) is 5.23. The lowest BCUT2D eigenvalue weighted by atomic mass is 9.90. The molecule has 4 heteroatoms. The molecule has 0 aromatic heterocycles. The zero-order chi connectivity index (χ0) is 13.4. The standard InChI is InChI=1S/C15H21NO3/c1-17-12-8-11-10(14(18-2)15(12)19-3)6-7-16-13(11)9-4-5-9/h8-9,13,16H,4-7H2,1-3H3. The van der Waals surface area contributed by atoms with Crippen LogP contribution in [-0.2, 0) is 6.42 Å². The third kappa shape index (κ3) is 2.04. The summed E-state index contributed by atoms with van der Waals surface area (Å²) in [5, 5.41) is 3.63. The molecule has 1 fully saturated rings. The van der Waals surface area contributed by atoms with E-state index in [4.69, 9.17) is 14.2 Å². The van der Waals surface area contributed by atoms with Crippen molar-refractivity contribution in [3.63, 3.8) is 0 Å². The maximum atomic E-state index is 5.59. The number of ether oxygens (including phenoxy) is 3. The molecule has 0 amide bonds. The Kier molecular flexibility index (Phi) is 3.27. The van der Waals surface area contributed by atoms with Gasteiger partial charge in [-0.3, -0.25) is 0 Å². The van der Waals surface area contributed by atoms with Crippen LogP contribution in [0.2, 0.25) is 0 Å². The summed E-state index contributed by atoms with van der Waals surface area (Å²) < 4.78 is 16.5. The molecule has 1 aliphatic heterocycles. The fourth-order valence-corrected chi connectivity index (χ4v) is 3.08. The average molecular weight is 263 g/mol. The van der Waals surface area contributed by atoms with Crippen LogP contribution in [0.1, 0.15) is 30.0 Å². The largest absolute Gasteiger partial charge is 0.493 e. The SMILES string of the molecule is COc1cc2c(c(OC)c1OC)CCNC2C1CC1. The van der Waals surface area contributed by atoms with Crippen molar-refractivity contribution in [1.29, 1.82) is 0 Å². The molecule has 4 nitrogen and oxygen atoms in total. The number of nitrogens with one attached hydrogen (secondary N) is 1. The Balaban J connectivity index is 2.14.